The van der Waals surface area contributed by atoms with Crippen molar-refractivity contribution >= 4 is 17.0 Å². The van der Waals surface area contributed by atoms with Gasteiger partial charge in [0.2, 0.25) is 0 Å². The van der Waals surface area contributed by atoms with E-state index < -0.39 is 0 Å². The van der Waals surface area contributed by atoms with E-state index >= 15 is 0 Å². The molecule has 0 nitrogen and oxygen atoms in total. The molecule has 0 aromatic carbocycles. The third kappa shape index (κ3) is 302. The van der Waals surface area contributed by atoms with Crippen LogP contribution in [0.5, 0.6) is 0 Å². The van der Waals surface area contributed by atoms with Crippen molar-refractivity contribution in [2.45, 2.75) is 0 Å². The zero-order valence-electron chi connectivity index (χ0n) is 2.13. The molecule has 0 N–H and O–H groups in total. The van der Waals surface area contributed by atoms with E-state index in [9.17, 15) is 0 Å². The molecule has 5 heavy (non-hydrogen) atoms. The van der Waals surface area contributed by atoms with Gasteiger partial charge in [-0.1, -0.05) is 0 Å². The highest BCUT2D eigenvalue weighted by Gasteiger charge is 0.0000202. The van der Waals surface area contributed by atoms with Crippen molar-refractivity contribution in [3.63, 3.8) is 0 Å². The Balaban J connectivity index is 0. The second kappa shape index (κ2) is 626. The summed E-state index contributed by atoms with van der Waals surface area (Å²) in [6.07, 6.45) is 0. The average Bonchev–Trinajstić information content (AvgIpc) is 0. The van der Waals surface area contributed by atoms with E-state index in [1.807, 2.05) is 0 Å². The first kappa shape index (κ1) is 1320. The van der Waals surface area contributed by atoms with Gasteiger partial charge in [0.15, 0.2) is 0 Å². The maximum atomic E-state index is 0. The van der Waals surface area contributed by atoms with Crippen LogP contribution in [0.2, 0.25) is 0 Å². The molecule has 0 rings (SSSR count). The van der Waals surface area contributed by atoms with Crippen LogP contribution in [-0.4, -0.2) is 0 Å². The fraction of sp³-hybridized carbons (Fsp3) is 0. The summed E-state index contributed by atoms with van der Waals surface area (Å²) >= 11 is 0. The van der Waals surface area contributed by atoms with Crippen LogP contribution in [0.3, 0.4) is 0 Å². The van der Waals surface area contributed by atoms with Gasteiger partial charge in [-0.2, -0.15) is 0 Å². The summed E-state index contributed by atoms with van der Waals surface area (Å²) in [6, 6.07) is 0. The molecule has 0 heterocycles. The summed E-state index contributed by atoms with van der Waals surface area (Å²) < 4.78 is 0. The minimum Gasteiger partial charge on any atom is -0.269 e. The smallest absolute Gasteiger partial charge is 0 e. The van der Waals surface area contributed by atoms with Gasteiger partial charge in [0, 0.05) is 7.43 Å². The molecule has 0 aromatic heterocycles. The zero-order chi connectivity index (χ0) is 0. The Hall–Kier alpha value is 0.270. The van der Waals surface area contributed by atoms with Crippen molar-refractivity contribution in [3.05, 3.63) is 7.43 Å². The number of hydrogen-bond donors (Lipinski definition) is 0. The fourth-order valence-corrected chi connectivity index (χ4v) is 0. The van der Waals surface area contributed by atoms with Crippen LogP contribution in [0.4, 0.5) is 14.1 Å². The lowest BCUT2D eigenvalue weighted by atomic mass is 12.0. The molecule has 4 heteroatoms. The normalized spacial score (nSPS) is 0. The van der Waals surface area contributed by atoms with E-state index in [0.29, 0.717) is 0 Å². The molecule has 0 saturated heterocycles. The Morgan fingerprint density at radius 2 is 0.600 bits per heavy atom. The Kier molecular flexibility index (Phi) is 165000. The second-order valence-corrected chi connectivity index (χ2v) is 0. The topological polar surface area (TPSA) is 0 Å². The SMILES string of the molecule is Br.F.F.F.[C]. The minimum absolute atomic E-state index is 0. The molecule has 0 aliphatic rings. The summed E-state index contributed by atoms with van der Waals surface area (Å²) in [5.74, 6) is 0. The second-order valence-electron chi connectivity index (χ2n) is 0. The van der Waals surface area contributed by atoms with E-state index in [2.05, 4.69) is 0 Å². The van der Waals surface area contributed by atoms with Gasteiger partial charge in [0.05, 0.1) is 0 Å². The lowest BCUT2D eigenvalue weighted by Crippen LogP contribution is 0.0813. The minimum atomic E-state index is 0. The van der Waals surface area contributed by atoms with Crippen molar-refractivity contribution in [2.75, 3.05) is 0 Å². The first-order valence-electron chi connectivity index (χ1n) is 0. The van der Waals surface area contributed by atoms with E-state index in [4.69, 9.17) is 0 Å². The van der Waals surface area contributed by atoms with E-state index in [1.165, 1.54) is 0 Å². The van der Waals surface area contributed by atoms with Crippen molar-refractivity contribution in [3.8, 4) is 0 Å². The number of hydrogen-bond acceptors (Lipinski definition) is 0. The Bertz CT molecular complexity index is 6.85. The standard InChI is InChI=1S/C.BrH.3FH/h;4*1H. The van der Waals surface area contributed by atoms with Crippen LogP contribution in [0.15, 0.2) is 0 Å². The highest BCUT2D eigenvalue weighted by Crippen LogP contribution is 0.846. The average molecular weight is 153 g/mol. The lowest BCUT2D eigenvalue weighted by Gasteiger charge is -0.270. The van der Waals surface area contributed by atoms with Gasteiger partial charge in [-0.05, 0) is 0 Å². The molecule has 0 fully saturated rings. The Morgan fingerprint density at radius 3 is 0.600 bits per heavy atom. The van der Waals surface area contributed by atoms with E-state index in [0.717, 1.165) is 0 Å². The van der Waals surface area contributed by atoms with Gasteiger partial charge >= 0.3 is 0 Å². The molecule has 0 unspecified atom stereocenters. The quantitative estimate of drug-likeness (QED) is 0.489. The fourth-order valence-electron chi connectivity index (χ4n) is 0. The molecular formula is CH4BrF3. The molecule has 0 aliphatic carbocycles. The molecule has 0 spiro atoms. The monoisotopic (exact) mass is 152 g/mol. The summed E-state index contributed by atoms with van der Waals surface area (Å²) in [5, 5.41) is 0. The van der Waals surface area contributed by atoms with Crippen molar-refractivity contribution in [1.82, 2.24) is 0 Å². The first-order valence-corrected chi connectivity index (χ1v) is 0. The van der Waals surface area contributed by atoms with E-state index in [1.54, 1.807) is 0 Å². The van der Waals surface area contributed by atoms with Gasteiger partial charge in [-0.15, -0.1) is 17.0 Å². The van der Waals surface area contributed by atoms with Crippen molar-refractivity contribution < 1.29 is 14.1 Å². The third-order valence-electron chi connectivity index (χ3n) is 0. The molecule has 0 aromatic rings. The first-order chi connectivity index (χ1) is 0. The molecule has 0 saturated carbocycles. The lowest BCUT2D eigenvalue weighted by molar-refractivity contribution is 1.11. The molecule has 0 aliphatic heterocycles. The summed E-state index contributed by atoms with van der Waals surface area (Å²) in [6.45, 7) is 0. The number of halogens is 4. The molecule has 36 valence electrons. The largest absolute Gasteiger partial charge is 0.269 e. The van der Waals surface area contributed by atoms with Crippen LogP contribution in [0.1, 0.15) is 0 Å². The van der Waals surface area contributed by atoms with Crippen LogP contribution in [0, 0.1) is 7.43 Å². The summed E-state index contributed by atoms with van der Waals surface area (Å²) in [5.41, 5.74) is 0. The summed E-state index contributed by atoms with van der Waals surface area (Å²) in [7, 11) is 0. The predicted octanol–water partition coefficient (Wildman–Crippen LogP) is 1.12. The number of rotatable bonds is 0. The zero-order valence-corrected chi connectivity index (χ0v) is 3.85. The van der Waals surface area contributed by atoms with Gasteiger partial charge in [0.25, 0.3) is 0 Å². The van der Waals surface area contributed by atoms with E-state index in [-0.39, 0.29) is 38.5 Å². The molecular weight excluding hydrogens is 149 g/mol. The Morgan fingerprint density at radius 1 is 0.600 bits per heavy atom. The predicted molar refractivity (Wildman–Crippen MR) is 21.1 cm³/mol. The van der Waals surface area contributed by atoms with Gasteiger partial charge in [0.1, 0.15) is 0 Å². The molecule has 0 bridgehead atoms. The van der Waals surface area contributed by atoms with Crippen molar-refractivity contribution in [2.24, 2.45) is 0 Å². The van der Waals surface area contributed by atoms with Gasteiger partial charge < -0.3 is 0 Å². The molecule has 0 amide bonds. The van der Waals surface area contributed by atoms with Gasteiger partial charge in [-0.25, -0.2) is 0 Å². The Labute approximate surface area is 39.4 Å². The van der Waals surface area contributed by atoms with Crippen LogP contribution >= 0.6 is 17.0 Å². The van der Waals surface area contributed by atoms with Crippen molar-refractivity contribution in [1.29, 1.82) is 0 Å². The highest BCUT2D eigenvalue weighted by atomic mass is 79.9. The van der Waals surface area contributed by atoms with Crippen LogP contribution < -0.4 is 0 Å². The van der Waals surface area contributed by atoms with Gasteiger partial charge in [-0.3, -0.25) is 14.1 Å². The van der Waals surface area contributed by atoms with Crippen LogP contribution in [-0.2, 0) is 0 Å². The maximum Gasteiger partial charge on any atom is 0 e. The molecule has 4 radical (unpaired) electrons. The molecule has 0 atom stereocenters. The maximum absolute atomic E-state index is 0. The van der Waals surface area contributed by atoms with Crippen LogP contribution in [0.25, 0.3) is 0 Å². The highest BCUT2D eigenvalue weighted by molar-refractivity contribution is 8.93. The summed E-state index contributed by atoms with van der Waals surface area (Å²) in [4.78, 5) is 0. The third-order valence-corrected chi connectivity index (χ3v) is 0.